The van der Waals surface area contributed by atoms with Crippen LogP contribution in [0.1, 0.15) is 5.56 Å². The van der Waals surface area contributed by atoms with E-state index in [0.29, 0.717) is 9.23 Å². The van der Waals surface area contributed by atoms with Crippen molar-refractivity contribution in [1.82, 2.24) is 5.01 Å². The molecule has 0 unspecified atom stereocenters. The number of benzene rings is 1. The van der Waals surface area contributed by atoms with Gasteiger partial charge in [-0.3, -0.25) is 4.79 Å². The van der Waals surface area contributed by atoms with Crippen LogP contribution >= 0.6 is 24.0 Å². The summed E-state index contributed by atoms with van der Waals surface area (Å²) in [6.45, 7) is 0. The Morgan fingerprint density at radius 3 is 2.50 bits per heavy atom. The van der Waals surface area contributed by atoms with Gasteiger partial charge in [0, 0.05) is 0 Å². The van der Waals surface area contributed by atoms with Gasteiger partial charge in [-0.1, -0.05) is 36.1 Å². The van der Waals surface area contributed by atoms with Crippen molar-refractivity contribution in [3.8, 4) is 5.75 Å². The Bertz CT molecular complexity index is 482. The Morgan fingerprint density at radius 2 is 2.00 bits per heavy atom. The van der Waals surface area contributed by atoms with Crippen molar-refractivity contribution in [2.45, 2.75) is 0 Å². The van der Waals surface area contributed by atoms with E-state index in [-0.39, 0.29) is 11.7 Å². The number of hydrazine groups is 1. The fourth-order valence-corrected chi connectivity index (χ4v) is 2.30. The predicted molar refractivity (Wildman–Crippen MR) is 67.3 cm³/mol. The van der Waals surface area contributed by atoms with Crippen molar-refractivity contribution in [3.63, 3.8) is 0 Å². The number of hydrogen-bond acceptors (Lipinski definition) is 5. The highest BCUT2D eigenvalue weighted by molar-refractivity contribution is 8.26. The summed E-state index contributed by atoms with van der Waals surface area (Å²) < 4.78 is 0.343. The highest BCUT2D eigenvalue weighted by Crippen LogP contribution is 2.30. The molecule has 1 heterocycles. The van der Waals surface area contributed by atoms with Crippen molar-refractivity contribution in [2.24, 2.45) is 5.84 Å². The molecule has 0 bridgehead atoms. The third-order valence-corrected chi connectivity index (χ3v) is 3.34. The maximum Gasteiger partial charge on any atom is 0.280 e. The van der Waals surface area contributed by atoms with Gasteiger partial charge in [-0.25, -0.2) is 10.9 Å². The number of aromatic hydroxyl groups is 1. The monoisotopic (exact) mass is 252 g/mol. The van der Waals surface area contributed by atoms with Gasteiger partial charge in [0.1, 0.15) is 5.75 Å². The van der Waals surface area contributed by atoms with Gasteiger partial charge >= 0.3 is 0 Å². The first-order valence-electron chi connectivity index (χ1n) is 4.39. The Kier molecular flexibility index (Phi) is 2.95. The second-order valence-corrected chi connectivity index (χ2v) is 4.82. The molecule has 6 heteroatoms. The lowest BCUT2D eigenvalue weighted by molar-refractivity contribution is -0.122. The van der Waals surface area contributed by atoms with Crippen molar-refractivity contribution >= 4 is 40.3 Å². The van der Waals surface area contributed by atoms with E-state index in [1.165, 1.54) is 0 Å². The fourth-order valence-electron chi connectivity index (χ4n) is 1.20. The normalized spacial score (nSPS) is 18.6. The summed E-state index contributed by atoms with van der Waals surface area (Å²) in [5, 5.41) is 10.1. The summed E-state index contributed by atoms with van der Waals surface area (Å²) in [6.07, 6.45) is 1.69. The lowest BCUT2D eigenvalue weighted by Crippen LogP contribution is -2.34. The van der Waals surface area contributed by atoms with E-state index in [0.717, 1.165) is 22.3 Å². The molecular weight excluding hydrogens is 244 g/mol. The van der Waals surface area contributed by atoms with Crippen LogP contribution in [0.4, 0.5) is 0 Å². The molecule has 1 aromatic carbocycles. The van der Waals surface area contributed by atoms with Crippen LogP contribution in [-0.2, 0) is 4.79 Å². The first-order valence-corrected chi connectivity index (χ1v) is 5.62. The quantitative estimate of drug-likeness (QED) is 0.343. The van der Waals surface area contributed by atoms with E-state index in [2.05, 4.69) is 0 Å². The van der Waals surface area contributed by atoms with Gasteiger partial charge in [0.2, 0.25) is 0 Å². The molecule has 1 saturated heterocycles. The number of phenols is 1. The number of hydrogen-bond donors (Lipinski definition) is 2. The third-order valence-electron chi connectivity index (χ3n) is 2.01. The van der Waals surface area contributed by atoms with Crippen LogP contribution in [0.5, 0.6) is 5.75 Å². The highest BCUT2D eigenvalue weighted by Gasteiger charge is 2.29. The Labute approximate surface area is 102 Å². The van der Waals surface area contributed by atoms with Crippen molar-refractivity contribution < 1.29 is 9.90 Å². The summed E-state index contributed by atoms with van der Waals surface area (Å²) in [4.78, 5) is 12.0. The zero-order valence-electron chi connectivity index (χ0n) is 8.08. The number of phenolic OH excluding ortho intramolecular Hbond substituents is 1. The van der Waals surface area contributed by atoms with Crippen LogP contribution in [0.3, 0.4) is 0 Å². The van der Waals surface area contributed by atoms with Crippen molar-refractivity contribution in [1.29, 1.82) is 0 Å². The van der Waals surface area contributed by atoms with Crippen LogP contribution in [0.2, 0.25) is 0 Å². The number of carbonyl (C=O) groups is 1. The standard InChI is InChI=1S/C10H8N2O2S2/c11-12-9(14)8(16-10(12)15)5-6-1-3-7(13)4-2-6/h1-5,13H,11H2/b8-5-. The second kappa shape index (κ2) is 4.25. The molecule has 3 N–H and O–H groups in total. The van der Waals surface area contributed by atoms with Crippen LogP contribution in [0.25, 0.3) is 6.08 Å². The minimum atomic E-state index is -0.303. The second-order valence-electron chi connectivity index (χ2n) is 3.14. The van der Waals surface area contributed by atoms with E-state index in [1.807, 2.05) is 0 Å². The van der Waals surface area contributed by atoms with Crippen LogP contribution < -0.4 is 5.84 Å². The topological polar surface area (TPSA) is 66.6 Å². The molecule has 1 fully saturated rings. The number of rotatable bonds is 1. The molecule has 0 radical (unpaired) electrons. The van der Waals surface area contributed by atoms with Crippen LogP contribution in [0.15, 0.2) is 29.2 Å². The van der Waals surface area contributed by atoms with Gasteiger partial charge in [-0.2, -0.15) is 0 Å². The smallest absolute Gasteiger partial charge is 0.280 e. The summed E-state index contributed by atoms with van der Waals surface area (Å²) in [6, 6.07) is 6.51. The van der Waals surface area contributed by atoms with Crippen molar-refractivity contribution in [3.05, 3.63) is 34.7 Å². The number of nitrogens with zero attached hydrogens (tertiary/aromatic N) is 1. The number of thioether (sulfide) groups is 1. The van der Waals surface area contributed by atoms with E-state index in [4.69, 9.17) is 23.2 Å². The van der Waals surface area contributed by atoms with Gasteiger partial charge in [-0.05, 0) is 23.8 Å². The fraction of sp³-hybridized carbons (Fsp3) is 0. The maximum atomic E-state index is 11.6. The molecule has 1 aliphatic rings. The number of nitrogens with two attached hydrogens (primary N) is 1. The molecule has 0 aliphatic carbocycles. The minimum Gasteiger partial charge on any atom is -0.508 e. The van der Waals surface area contributed by atoms with Gasteiger partial charge < -0.3 is 5.11 Å². The summed E-state index contributed by atoms with van der Waals surface area (Å²) in [5.74, 6) is 5.31. The molecule has 1 amide bonds. The molecule has 0 spiro atoms. The summed E-state index contributed by atoms with van der Waals surface area (Å²) >= 11 is 6.06. The van der Waals surface area contributed by atoms with Gasteiger partial charge in [0.15, 0.2) is 4.32 Å². The summed E-state index contributed by atoms with van der Waals surface area (Å²) in [7, 11) is 0. The van der Waals surface area contributed by atoms with Crippen molar-refractivity contribution in [2.75, 3.05) is 0 Å². The Balaban J connectivity index is 2.29. The zero-order chi connectivity index (χ0) is 11.7. The lowest BCUT2D eigenvalue weighted by Gasteiger charge is -2.02. The van der Waals surface area contributed by atoms with E-state index >= 15 is 0 Å². The lowest BCUT2D eigenvalue weighted by atomic mass is 10.2. The SMILES string of the molecule is NN1C(=O)/C(=C/c2ccc(O)cc2)SC1=S. The van der Waals surface area contributed by atoms with Crippen LogP contribution in [0, 0.1) is 0 Å². The molecule has 82 valence electrons. The van der Waals surface area contributed by atoms with E-state index < -0.39 is 0 Å². The zero-order valence-corrected chi connectivity index (χ0v) is 9.72. The number of amides is 1. The van der Waals surface area contributed by atoms with E-state index in [9.17, 15) is 4.79 Å². The molecule has 0 atom stereocenters. The first-order chi connectivity index (χ1) is 7.58. The van der Waals surface area contributed by atoms with Gasteiger partial charge in [0.25, 0.3) is 5.91 Å². The molecule has 1 aliphatic heterocycles. The molecule has 0 aromatic heterocycles. The number of carbonyl (C=O) groups excluding carboxylic acids is 1. The Hall–Kier alpha value is -1.37. The van der Waals surface area contributed by atoms with Gasteiger partial charge in [0.05, 0.1) is 4.91 Å². The predicted octanol–water partition coefficient (Wildman–Crippen LogP) is 1.47. The molecule has 4 nitrogen and oxygen atoms in total. The molecule has 1 aromatic rings. The largest absolute Gasteiger partial charge is 0.508 e. The average Bonchev–Trinajstić information content (AvgIpc) is 2.50. The minimum absolute atomic E-state index is 0.184. The molecule has 2 rings (SSSR count). The number of thiocarbonyl (C=S) groups is 1. The first kappa shape index (κ1) is 11.1. The summed E-state index contributed by atoms with van der Waals surface area (Å²) in [5.41, 5.74) is 0.812. The molecule has 16 heavy (non-hydrogen) atoms. The van der Waals surface area contributed by atoms with Gasteiger partial charge in [-0.15, -0.1) is 0 Å². The van der Waals surface area contributed by atoms with E-state index in [1.54, 1.807) is 30.3 Å². The highest BCUT2D eigenvalue weighted by atomic mass is 32.2. The molecular formula is C10H8N2O2S2. The Morgan fingerprint density at radius 1 is 1.38 bits per heavy atom. The third kappa shape index (κ3) is 2.08. The maximum absolute atomic E-state index is 11.6. The van der Waals surface area contributed by atoms with Crippen LogP contribution in [-0.4, -0.2) is 20.3 Å². The molecule has 0 saturated carbocycles. The average molecular weight is 252 g/mol.